The zero-order chi connectivity index (χ0) is 25.5. The normalized spacial score (nSPS) is 12.3. The van der Waals surface area contributed by atoms with E-state index in [0.717, 1.165) is 28.3 Å². The Morgan fingerprint density at radius 2 is 1.56 bits per heavy atom. The topological polar surface area (TPSA) is 74.6 Å². The number of methoxy groups -OCH3 is 1. The summed E-state index contributed by atoms with van der Waals surface area (Å²) < 4.78 is 33.0. The summed E-state index contributed by atoms with van der Waals surface area (Å²) in [6.07, 6.45) is 1.90. The van der Waals surface area contributed by atoms with E-state index in [4.69, 9.17) is 18.9 Å². The van der Waals surface area contributed by atoms with Crippen LogP contribution >= 0.6 is 7.60 Å². The van der Waals surface area contributed by atoms with E-state index in [0.29, 0.717) is 11.3 Å². The largest absolute Gasteiger partial charge is 0.497 e. The molecule has 0 spiro atoms. The first-order valence-corrected chi connectivity index (χ1v) is 13.6. The fourth-order valence-electron chi connectivity index (χ4n) is 3.95. The van der Waals surface area contributed by atoms with E-state index >= 15 is 0 Å². The first kappa shape index (κ1) is 25.7. The Hall–Kier alpha value is -3.38. The molecule has 4 rings (SSSR count). The fraction of sp³-hybridized carbons (Fsp3) is 0.250. The second-order valence-corrected chi connectivity index (χ2v) is 10.3. The van der Waals surface area contributed by atoms with Crippen LogP contribution < -0.4 is 10.1 Å². The lowest BCUT2D eigenvalue weighted by atomic mass is 10.1. The van der Waals surface area contributed by atoms with Crippen molar-refractivity contribution in [3.05, 3.63) is 96.2 Å². The number of nitrogens with one attached hydrogen (secondary N) is 1. The molecule has 0 aliphatic carbocycles. The molecule has 1 aromatic heterocycles. The molecule has 8 heteroatoms. The van der Waals surface area contributed by atoms with Crippen LogP contribution in [0.3, 0.4) is 0 Å². The lowest BCUT2D eigenvalue weighted by Gasteiger charge is -2.28. The summed E-state index contributed by atoms with van der Waals surface area (Å²) in [6.45, 7) is 6.14. The van der Waals surface area contributed by atoms with Gasteiger partial charge in [-0.05, 0) is 57.2 Å². The molecule has 4 aromatic rings. The van der Waals surface area contributed by atoms with Gasteiger partial charge in [-0.15, -0.1) is 0 Å². The summed E-state index contributed by atoms with van der Waals surface area (Å²) in [6, 6.07) is 25.4. The summed E-state index contributed by atoms with van der Waals surface area (Å²) in [7, 11) is -2.05. The van der Waals surface area contributed by atoms with Crippen molar-refractivity contribution in [1.82, 2.24) is 9.78 Å². The van der Waals surface area contributed by atoms with Crippen LogP contribution in [0.2, 0.25) is 0 Å². The van der Waals surface area contributed by atoms with Crippen molar-refractivity contribution in [2.75, 3.05) is 25.6 Å². The molecule has 0 aliphatic heterocycles. The van der Waals surface area contributed by atoms with E-state index in [2.05, 4.69) is 5.32 Å². The fourth-order valence-corrected chi connectivity index (χ4v) is 5.88. The molecule has 1 N–H and O–H groups in total. The lowest BCUT2D eigenvalue weighted by molar-refractivity contribution is 0.214. The Labute approximate surface area is 212 Å². The van der Waals surface area contributed by atoms with Crippen molar-refractivity contribution < 1.29 is 18.3 Å². The molecule has 0 fully saturated rings. The molecule has 1 heterocycles. The number of aryl methyl sites for hydroxylation is 1. The molecule has 1 atom stereocenters. The minimum atomic E-state index is -3.67. The molecule has 0 bridgehead atoms. The van der Waals surface area contributed by atoms with Gasteiger partial charge in [0, 0.05) is 23.0 Å². The minimum Gasteiger partial charge on any atom is -0.497 e. The second-order valence-electron chi connectivity index (χ2n) is 8.23. The van der Waals surface area contributed by atoms with E-state index in [-0.39, 0.29) is 13.2 Å². The summed E-state index contributed by atoms with van der Waals surface area (Å²) in [4.78, 5) is 0. The molecule has 7 nitrogen and oxygen atoms in total. The van der Waals surface area contributed by atoms with Crippen LogP contribution in [-0.2, 0) is 13.6 Å². The molecule has 3 aromatic carbocycles. The molecular weight excluding hydrogens is 473 g/mol. The predicted molar refractivity (Wildman–Crippen MR) is 144 cm³/mol. The molecule has 0 saturated heterocycles. The predicted octanol–water partition coefficient (Wildman–Crippen LogP) is 7.23. The summed E-state index contributed by atoms with van der Waals surface area (Å²) in [5, 5.41) is 8.35. The average Bonchev–Trinajstić information content (AvgIpc) is 3.34. The Morgan fingerprint density at radius 3 is 2.14 bits per heavy atom. The SMILES string of the molecule is CCOP(=O)(OCC)C(Nc1ccc(OC)cc1)c1cn(-c2ccccc2)nc1-c1ccc(C)cc1. The van der Waals surface area contributed by atoms with Crippen molar-refractivity contribution in [1.29, 1.82) is 0 Å². The number of para-hydroxylation sites is 1. The Bertz CT molecular complexity index is 1300. The van der Waals surface area contributed by atoms with Gasteiger partial charge in [0.2, 0.25) is 0 Å². The highest BCUT2D eigenvalue weighted by atomic mass is 31.2. The first-order chi connectivity index (χ1) is 17.5. The van der Waals surface area contributed by atoms with Crippen LogP contribution in [0.4, 0.5) is 5.69 Å². The van der Waals surface area contributed by atoms with Gasteiger partial charge in [0.05, 0.1) is 31.7 Å². The number of rotatable bonds is 11. The monoisotopic (exact) mass is 505 g/mol. The zero-order valence-electron chi connectivity index (χ0n) is 21.0. The zero-order valence-corrected chi connectivity index (χ0v) is 21.9. The average molecular weight is 506 g/mol. The third-order valence-corrected chi connectivity index (χ3v) is 7.99. The Balaban J connectivity index is 1.90. The Morgan fingerprint density at radius 1 is 0.917 bits per heavy atom. The van der Waals surface area contributed by atoms with Gasteiger partial charge in [0.15, 0.2) is 5.78 Å². The molecular formula is C28H32N3O4P. The van der Waals surface area contributed by atoms with Gasteiger partial charge in [-0.3, -0.25) is 4.57 Å². The lowest BCUT2D eigenvalue weighted by Crippen LogP contribution is -2.15. The minimum absolute atomic E-state index is 0.241. The molecule has 0 radical (unpaired) electrons. The molecule has 188 valence electrons. The van der Waals surface area contributed by atoms with Crippen LogP contribution in [0, 0.1) is 6.92 Å². The van der Waals surface area contributed by atoms with Gasteiger partial charge in [0.1, 0.15) is 5.75 Å². The van der Waals surface area contributed by atoms with E-state index < -0.39 is 13.4 Å². The third-order valence-electron chi connectivity index (χ3n) is 5.71. The van der Waals surface area contributed by atoms with Crippen molar-refractivity contribution >= 4 is 13.3 Å². The van der Waals surface area contributed by atoms with Gasteiger partial charge < -0.3 is 19.1 Å². The van der Waals surface area contributed by atoms with Gasteiger partial charge in [-0.1, -0.05) is 48.0 Å². The van der Waals surface area contributed by atoms with E-state index in [1.54, 1.807) is 11.8 Å². The first-order valence-electron chi connectivity index (χ1n) is 12.0. The molecule has 0 aliphatic rings. The Kier molecular flexibility index (Phi) is 8.26. The van der Waals surface area contributed by atoms with Crippen LogP contribution in [0.25, 0.3) is 16.9 Å². The summed E-state index contributed by atoms with van der Waals surface area (Å²) >= 11 is 0. The molecule has 1 unspecified atom stereocenters. The number of aromatic nitrogens is 2. The van der Waals surface area contributed by atoms with E-state index in [9.17, 15) is 4.57 Å². The number of benzene rings is 3. The van der Waals surface area contributed by atoms with Gasteiger partial charge in [-0.2, -0.15) is 5.10 Å². The van der Waals surface area contributed by atoms with Gasteiger partial charge in [-0.25, -0.2) is 4.68 Å². The number of hydrogen-bond donors (Lipinski definition) is 1. The van der Waals surface area contributed by atoms with Crippen molar-refractivity contribution in [3.63, 3.8) is 0 Å². The maximum Gasteiger partial charge on any atom is 0.357 e. The number of hydrogen-bond acceptors (Lipinski definition) is 6. The maximum absolute atomic E-state index is 14.3. The van der Waals surface area contributed by atoms with Crippen molar-refractivity contribution in [2.24, 2.45) is 0 Å². The summed E-state index contributed by atoms with van der Waals surface area (Å²) in [5.74, 6) is -0.0771. The third kappa shape index (κ3) is 5.71. The van der Waals surface area contributed by atoms with Crippen LogP contribution in [0.15, 0.2) is 85.1 Å². The van der Waals surface area contributed by atoms with Gasteiger partial charge >= 0.3 is 7.60 Å². The standard InChI is InChI=1S/C28H32N3O4P/c1-5-34-36(32,35-6-2)28(29-23-16-18-25(33-4)19-17-23)26-20-31(24-10-8-7-9-11-24)30-27(26)22-14-12-21(3)13-15-22/h7-20,28-29H,5-6H2,1-4H3. The summed E-state index contributed by atoms with van der Waals surface area (Å²) in [5.41, 5.74) is 5.11. The van der Waals surface area contributed by atoms with E-state index in [1.807, 2.05) is 106 Å². The highest BCUT2D eigenvalue weighted by Gasteiger charge is 2.40. The second kappa shape index (κ2) is 11.6. The molecule has 36 heavy (non-hydrogen) atoms. The number of ether oxygens (including phenoxy) is 1. The highest BCUT2D eigenvalue weighted by molar-refractivity contribution is 7.54. The highest BCUT2D eigenvalue weighted by Crippen LogP contribution is 2.62. The number of nitrogens with zero attached hydrogens (tertiary/aromatic N) is 2. The van der Waals surface area contributed by atoms with E-state index in [1.165, 1.54) is 0 Å². The van der Waals surface area contributed by atoms with Crippen molar-refractivity contribution in [3.8, 4) is 22.7 Å². The van der Waals surface area contributed by atoms with Crippen LogP contribution in [0.1, 0.15) is 30.8 Å². The maximum atomic E-state index is 14.3. The van der Waals surface area contributed by atoms with Crippen LogP contribution in [-0.4, -0.2) is 30.1 Å². The smallest absolute Gasteiger partial charge is 0.357 e. The van der Waals surface area contributed by atoms with Crippen molar-refractivity contribution in [2.45, 2.75) is 26.6 Å². The van der Waals surface area contributed by atoms with Gasteiger partial charge in [0.25, 0.3) is 0 Å². The number of anilines is 1. The molecule has 0 saturated carbocycles. The quantitative estimate of drug-likeness (QED) is 0.217. The van der Waals surface area contributed by atoms with Crippen LogP contribution in [0.5, 0.6) is 5.75 Å². The molecule has 0 amide bonds.